The minimum Gasteiger partial charge on any atom is -0.494 e. The smallest absolute Gasteiger partial charge is 0.339 e. The van der Waals surface area contributed by atoms with Crippen LogP contribution in [0.5, 0.6) is 5.88 Å². The quantitative estimate of drug-likeness (QED) is 0.555. The number of hydrogen-bond acceptors (Lipinski definition) is 5. The molecule has 1 aromatic carbocycles. The number of nitrogens with one attached hydrogen (secondary N) is 2. The molecule has 0 aliphatic heterocycles. The van der Waals surface area contributed by atoms with Crippen molar-refractivity contribution in [2.75, 3.05) is 5.32 Å². The maximum Gasteiger partial charge on any atom is 0.339 e. The minimum absolute atomic E-state index is 0.0620. The molecule has 0 bridgehead atoms. The normalized spacial score (nSPS) is 11.2. The summed E-state index contributed by atoms with van der Waals surface area (Å²) in [4.78, 5) is 35.6. The third-order valence-corrected chi connectivity index (χ3v) is 3.35. The largest absolute Gasteiger partial charge is 0.494 e. The number of aromatic nitrogens is 2. The second-order valence-electron chi connectivity index (χ2n) is 5.03. The molecule has 24 heavy (non-hydrogen) atoms. The van der Waals surface area contributed by atoms with E-state index in [1.807, 2.05) is 6.07 Å². The number of benzene rings is 1. The molecule has 3 N–H and O–H groups in total. The van der Waals surface area contributed by atoms with Crippen LogP contribution in [0.4, 0.5) is 10.5 Å². The molecule has 0 aliphatic carbocycles. The zero-order chi connectivity index (χ0) is 17.9. The van der Waals surface area contributed by atoms with Crippen molar-refractivity contribution in [2.45, 2.75) is 6.92 Å². The second kappa shape index (κ2) is 6.82. The fraction of sp³-hybridized carbons (Fsp3) is 0.200. The lowest BCUT2D eigenvalue weighted by atomic mass is 10.2. The van der Waals surface area contributed by atoms with Gasteiger partial charge < -0.3 is 10.4 Å². The summed E-state index contributed by atoms with van der Waals surface area (Å²) in [5.74, 6) is -0.519. The zero-order valence-electron chi connectivity index (χ0n) is 13.4. The summed E-state index contributed by atoms with van der Waals surface area (Å²) in [6.45, 7) is 1.43. The molecule has 2 amide bonds. The Labute approximate surface area is 136 Å². The van der Waals surface area contributed by atoms with Crippen molar-refractivity contribution in [2.24, 2.45) is 19.2 Å². The van der Waals surface area contributed by atoms with E-state index in [4.69, 9.17) is 0 Å². The number of carbonyl (C=O) groups is 1. The lowest BCUT2D eigenvalue weighted by Gasteiger charge is -2.10. The maximum absolute atomic E-state index is 12.1. The predicted molar refractivity (Wildman–Crippen MR) is 89.4 cm³/mol. The Morgan fingerprint density at radius 3 is 2.38 bits per heavy atom. The Morgan fingerprint density at radius 1 is 1.12 bits per heavy atom. The third-order valence-electron chi connectivity index (χ3n) is 3.35. The van der Waals surface area contributed by atoms with E-state index in [2.05, 4.69) is 15.8 Å². The molecule has 1 heterocycles. The monoisotopic (exact) mass is 331 g/mol. The van der Waals surface area contributed by atoms with Crippen molar-refractivity contribution in [3.05, 3.63) is 56.7 Å². The van der Waals surface area contributed by atoms with Crippen LogP contribution in [0.3, 0.4) is 0 Å². The lowest BCUT2D eigenvalue weighted by Crippen LogP contribution is -2.40. The highest BCUT2D eigenvalue weighted by atomic mass is 16.3. The van der Waals surface area contributed by atoms with Gasteiger partial charge in [-0.05, 0) is 19.1 Å². The van der Waals surface area contributed by atoms with E-state index < -0.39 is 23.2 Å². The van der Waals surface area contributed by atoms with Crippen LogP contribution >= 0.6 is 0 Å². The summed E-state index contributed by atoms with van der Waals surface area (Å²) < 4.78 is 1.76. The molecule has 0 atom stereocenters. The number of carbonyl (C=O) groups excluding carboxylic acids is 1. The highest BCUT2D eigenvalue weighted by Crippen LogP contribution is 2.10. The van der Waals surface area contributed by atoms with E-state index >= 15 is 0 Å². The van der Waals surface area contributed by atoms with E-state index in [-0.39, 0.29) is 11.3 Å². The number of urea groups is 1. The maximum atomic E-state index is 12.1. The van der Waals surface area contributed by atoms with Gasteiger partial charge in [0.25, 0.3) is 5.56 Å². The number of para-hydroxylation sites is 1. The summed E-state index contributed by atoms with van der Waals surface area (Å²) in [7, 11) is 2.61. The Bertz CT molecular complexity index is 912. The van der Waals surface area contributed by atoms with Crippen LogP contribution in [-0.4, -0.2) is 26.0 Å². The molecular formula is C15H17N5O4. The van der Waals surface area contributed by atoms with Gasteiger partial charge in [0.15, 0.2) is 0 Å². The van der Waals surface area contributed by atoms with Crippen LogP contribution in [0.2, 0.25) is 0 Å². The predicted octanol–water partition coefficient (Wildman–Crippen LogP) is 0.335. The number of aromatic hydroxyl groups is 1. The van der Waals surface area contributed by atoms with Gasteiger partial charge in [-0.1, -0.05) is 18.2 Å². The number of nitrogens with zero attached hydrogens (tertiary/aromatic N) is 3. The molecule has 0 radical (unpaired) electrons. The van der Waals surface area contributed by atoms with Crippen LogP contribution in [0, 0.1) is 0 Å². The first kappa shape index (κ1) is 17.0. The standard InChI is InChI=1S/C15H17N5O4/c1-9(11-12(21)19(2)15(24)20(3)13(11)22)17-18-14(23)16-10-7-5-4-6-8-10/h4-8,21H,1-3H3,(H2,16,18,23)/b17-9+. The van der Waals surface area contributed by atoms with E-state index in [0.29, 0.717) is 5.69 Å². The lowest BCUT2D eigenvalue weighted by molar-refractivity contribution is 0.252. The van der Waals surface area contributed by atoms with Crippen molar-refractivity contribution < 1.29 is 9.90 Å². The van der Waals surface area contributed by atoms with E-state index in [1.165, 1.54) is 21.0 Å². The molecular weight excluding hydrogens is 314 g/mol. The fourth-order valence-corrected chi connectivity index (χ4v) is 2.02. The topological polar surface area (TPSA) is 118 Å². The minimum atomic E-state index is -0.706. The van der Waals surface area contributed by atoms with Crippen molar-refractivity contribution in [3.8, 4) is 5.88 Å². The van der Waals surface area contributed by atoms with Gasteiger partial charge in [-0.15, -0.1) is 0 Å². The number of hydrazone groups is 1. The van der Waals surface area contributed by atoms with E-state index in [9.17, 15) is 19.5 Å². The molecule has 0 saturated carbocycles. The second-order valence-corrected chi connectivity index (χ2v) is 5.03. The Morgan fingerprint density at radius 2 is 1.75 bits per heavy atom. The van der Waals surface area contributed by atoms with Crippen LogP contribution < -0.4 is 22.0 Å². The molecule has 2 rings (SSSR count). The van der Waals surface area contributed by atoms with Gasteiger partial charge in [0.1, 0.15) is 5.56 Å². The van der Waals surface area contributed by atoms with Gasteiger partial charge >= 0.3 is 11.7 Å². The van der Waals surface area contributed by atoms with Crippen LogP contribution in [-0.2, 0) is 14.1 Å². The Hall–Kier alpha value is -3.36. The molecule has 0 unspecified atom stereocenters. The van der Waals surface area contributed by atoms with Gasteiger partial charge in [0, 0.05) is 19.8 Å². The van der Waals surface area contributed by atoms with Crippen molar-refractivity contribution in [1.29, 1.82) is 0 Å². The Balaban J connectivity index is 2.25. The SMILES string of the molecule is C/C(=N\NC(=O)Nc1ccccc1)c1c(O)n(C)c(=O)n(C)c1=O. The first-order valence-corrected chi connectivity index (χ1v) is 6.98. The van der Waals surface area contributed by atoms with Gasteiger partial charge in [-0.25, -0.2) is 15.0 Å². The Kier molecular flexibility index (Phi) is 4.83. The van der Waals surface area contributed by atoms with Crippen molar-refractivity contribution in [3.63, 3.8) is 0 Å². The number of hydrogen-bond donors (Lipinski definition) is 3. The van der Waals surface area contributed by atoms with Crippen LogP contribution in [0.15, 0.2) is 45.0 Å². The molecule has 1 aromatic heterocycles. The van der Waals surface area contributed by atoms with E-state index in [0.717, 1.165) is 9.13 Å². The first-order valence-electron chi connectivity index (χ1n) is 6.98. The fourth-order valence-electron chi connectivity index (χ4n) is 2.02. The van der Waals surface area contributed by atoms with Gasteiger partial charge in [0.2, 0.25) is 5.88 Å². The van der Waals surface area contributed by atoms with Gasteiger partial charge in [-0.2, -0.15) is 5.10 Å². The van der Waals surface area contributed by atoms with Crippen LogP contribution in [0.25, 0.3) is 0 Å². The van der Waals surface area contributed by atoms with Crippen LogP contribution in [0.1, 0.15) is 12.5 Å². The number of anilines is 1. The molecule has 0 aliphatic rings. The average molecular weight is 331 g/mol. The summed E-state index contributed by atoms with van der Waals surface area (Å²) in [6.07, 6.45) is 0. The summed E-state index contributed by atoms with van der Waals surface area (Å²) in [6, 6.07) is 8.12. The summed E-state index contributed by atoms with van der Waals surface area (Å²) in [5, 5.41) is 16.3. The first-order chi connectivity index (χ1) is 11.3. The van der Waals surface area contributed by atoms with Gasteiger partial charge in [0.05, 0.1) is 5.71 Å². The third kappa shape index (κ3) is 3.35. The molecule has 0 saturated heterocycles. The molecule has 2 aromatic rings. The summed E-state index contributed by atoms with van der Waals surface area (Å²) in [5.41, 5.74) is 1.33. The average Bonchev–Trinajstić information content (AvgIpc) is 2.57. The number of amides is 2. The molecule has 9 nitrogen and oxygen atoms in total. The van der Waals surface area contributed by atoms with E-state index in [1.54, 1.807) is 24.3 Å². The molecule has 0 fully saturated rings. The highest BCUT2D eigenvalue weighted by molar-refractivity contribution is 6.01. The van der Waals surface area contributed by atoms with Crippen molar-refractivity contribution >= 4 is 17.4 Å². The number of rotatable bonds is 3. The summed E-state index contributed by atoms with van der Waals surface area (Å²) >= 11 is 0. The highest BCUT2D eigenvalue weighted by Gasteiger charge is 2.17. The molecule has 126 valence electrons. The van der Waals surface area contributed by atoms with Crippen molar-refractivity contribution in [1.82, 2.24) is 14.6 Å². The van der Waals surface area contributed by atoms with Gasteiger partial charge in [-0.3, -0.25) is 13.9 Å². The zero-order valence-corrected chi connectivity index (χ0v) is 13.4. The molecule has 9 heteroatoms. The molecule has 0 spiro atoms.